The molecule has 2 N–H and O–H groups in total. The maximum atomic E-state index is 12.9. The third-order valence-electron chi connectivity index (χ3n) is 4.33. The van der Waals surface area contributed by atoms with Gasteiger partial charge in [-0.15, -0.1) is 0 Å². The topological polar surface area (TPSA) is 137 Å². The first-order valence-electron chi connectivity index (χ1n) is 9.48. The molecule has 0 aliphatic heterocycles. The smallest absolute Gasteiger partial charge is 0.358 e. The number of sulfonamides is 1. The number of carbonyl (C=O) groups excluding carboxylic acids is 1. The van der Waals surface area contributed by atoms with Crippen molar-refractivity contribution in [1.82, 2.24) is 9.78 Å². The van der Waals surface area contributed by atoms with Crippen LogP contribution in [0.15, 0.2) is 59.6 Å². The van der Waals surface area contributed by atoms with Crippen molar-refractivity contribution in [2.75, 3.05) is 18.4 Å². The Morgan fingerprint density at radius 1 is 1.12 bits per heavy atom. The molecule has 0 saturated heterocycles. The first-order chi connectivity index (χ1) is 15.2. The number of carbonyl (C=O) groups is 2. The van der Waals surface area contributed by atoms with Crippen molar-refractivity contribution in [3.8, 4) is 11.4 Å². The largest absolute Gasteiger partial charge is 0.495 e. The lowest BCUT2D eigenvalue weighted by Crippen LogP contribution is -2.15. The summed E-state index contributed by atoms with van der Waals surface area (Å²) in [6.45, 7) is 1.94. The molecule has 2 aromatic carbocycles. The van der Waals surface area contributed by atoms with E-state index in [-0.39, 0.29) is 35.1 Å². The van der Waals surface area contributed by atoms with Crippen LogP contribution in [0.2, 0.25) is 0 Å². The number of hydrogen-bond donors (Lipinski definition) is 2. The minimum Gasteiger partial charge on any atom is -0.495 e. The molecule has 32 heavy (non-hydrogen) atoms. The molecule has 0 unspecified atom stereocenters. The molecule has 168 valence electrons. The standard InChI is InChI=1S/C21H21N3O7S/c1-3-31-21(27)17-10-11-24(22-17)16-7-5-15(6-8-16)23-32(28,29)19-12-14(13-20(25)26)4-9-18(19)30-2/h4-12,23H,3,13H2,1-2H3,(H,25,26). The average Bonchev–Trinajstić information content (AvgIpc) is 3.24. The molecule has 0 aliphatic carbocycles. The van der Waals surface area contributed by atoms with E-state index in [0.717, 1.165) is 0 Å². The van der Waals surface area contributed by atoms with E-state index in [1.165, 1.54) is 48.2 Å². The maximum absolute atomic E-state index is 12.9. The van der Waals surface area contributed by atoms with Gasteiger partial charge in [-0.25, -0.2) is 17.9 Å². The molecule has 10 nitrogen and oxygen atoms in total. The zero-order valence-corrected chi connectivity index (χ0v) is 18.1. The highest BCUT2D eigenvalue weighted by atomic mass is 32.2. The van der Waals surface area contributed by atoms with Gasteiger partial charge in [-0.1, -0.05) is 6.07 Å². The molecule has 0 amide bonds. The van der Waals surface area contributed by atoms with Crippen molar-refractivity contribution in [2.24, 2.45) is 0 Å². The maximum Gasteiger partial charge on any atom is 0.358 e. The number of methoxy groups -OCH3 is 1. The van der Waals surface area contributed by atoms with Gasteiger partial charge in [0.1, 0.15) is 10.6 Å². The molecule has 0 saturated carbocycles. The molecule has 0 radical (unpaired) electrons. The van der Waals surface area contributed by atoms with E-state index in [4.69, 9.17) is 14.6 Å². The number of carboxylic acid groups (broad SMARTS) is 1. The number of nitrogens with zero attached hydrogens (tertiary/aromatic N) is 2. The van der Waals surface area contributed by atoms with Gasteiger partial charge in [0.15, 0.2) is 5.69 Å². The average molecular weight is 459 g/mol. The third kappa shape index (κ3) is 5.24. The molecule has 11 heteroatoms. The predicted molar refractivity (Wildman–Crippen MR) is 115 cm³/mol. The minimum absolute atomic E-state index is 0.0892. The highest BCUT2D eigenvalue weighted by Gasteiger charge is 2.21. The summed E-state index contributed by atoms with van der Waals surface area (Å²) in [5, 5.41) is 13.1. The van der Waals surface area contributed by atoms with Crippen molar-refractivity contribution >= 4 is 27.6 Å². The molecular formula is C21H21N3O7S. The number of rotatable bonds is 9. The number of esters is 1. The second-order valence-electron chi connectivity index (χ2n) is 6.57. The SMILES string of the molecule is CCOC(=O)c1ccn(-c2ccc(NS(=O)(=O)c3cc(CC(=O)O)ccc3OC)cc2)n1. The zero-order chi connectivity index (χ0) is 23.3. The number of aliphatic carboxylic acids is 1. The van der Waals surface area contributed by atoms with Crippen LogP contribution in [-0.2, 0) is 26.0 Å². The highest BCUT2D eigenvalue weighted by molar-refractivity contribution is 7.92. The molecule has 3 rings (SSSR count). The summed E-state index contributed by atoms with van der Waals surface area (Å²) in [7, 11) is -2.73. The number of ether oxygens (including phenoxy) is 2. The van der Waals surface area contributed by atoms with Gasteiger partial charge in [-0.05, 0) is 55.0 Å². The number of carboxylic acids is 1. The quantitative estimate of drug-likeness (QED) is 0.466. The van der Waals surface area contributed by atoms with E-state index in [0.29, 0.717) is 11.3 Å². The predicted octanol–water partition coefficient (Wildman–Crippen LogP) is 2.49. The second-order valence-corrected chi connectivity index (χ2v) is 8.22. The van der Waals surface area contributed by atoms with E-state index in [9.17, 15) is 18.0 Å². The summed E-state index contributed by atoms with van der Waals surface area (Å²) in [5.41, 5.74) is 1.36. The van der Waals surface area contributed by atoms with Gasteiger partial charge in [0.2, 0.25) is 0 Å². The van der Waals surface area contributed by atoms with Gasteiger partial charge in [0.05, 0.1) is 25.8 Å². The van der Waals surface area contributed by atoms with Crippen molar-refractivity contribution in [3.05, 3.63) is 66.0 Å². The van der Waals surface area contributed by atoms with E-state index >= 15 is 0 Å². The van der Waals surface area contributed by atoms with Crippen LogP contribution < -0.4 is 9.46 Å². The van der Waals surface area contributed by atoms with Gasteiger partial charge in [0, 0.05) is 11.9 Å². The lowest BCUT2D eigenvalue weighted by molar-refractivity contribution is -0.136. The zero-order valence-electron chi connectivity index (χ0n) is 17.3. The summed E-state index contributed by atoms with van der Waals surface area (Å²) >= 11 is 0. The van der Waals surface area contributed by atoms with Gasteiger partial charge in [0.25, 0.3) is 10.0 Å². The molecule has 0 spiro atoms. The normalized spacial score (nSPS) is 11.1. The van der Waals surface area contributed by atoms with Crippen molar-refractivity contribution in [3.63, 3.8) is 0 Å². The Kier molecular flexibility index (Phi) is 6.79. The molecule has 0 fully saturated rings. The molecule has 0 atom stereocenters. The Bertz CT molecular complexity index is 1230. The molecule has 1 heterocycles. The fraction of sp³-hybridized carbons (Fsp3) is 0.190. The van der Waals surface area contributed by atoms with Gasteiger partial charge in [-0.2, -0.15) is 5.10 Å². The van der Waals surface area contributed by atoms with Gasteiger partial charge >= 0.3 is 11.9 Å². The van der Waals surface area contributed by atoms with Gasteiger partial charge < -0.3 is 14.6 Å². The monoisotopic (exact) mass is 459 g/mol. The summed E-state index contributed by atoms with van der Waals surface area (Å²) in [4.78, 5) is 22.5. The van der Waals surface area contributed by atoms with Crippen LogP contribution in [0.25, 0.3) is 5.69 Å². The first-order valence-corrected chi connectivity index (χ1v) is 11.0. The van der Waals surface area contributed by atoms with Crippen molar-refractivity contribution in [1.29, 1.82) is 0 Å². The lowest BCUT2D eigenvalue weighted by Gasteiger charge is -2.13. The van der Waals surface area contributed by atoms with Crippen molar-refractivity contribution in [2.45, 2.75) is 18.2 Å². The summed E-state index contributed by atoms with van der Waals surface area (Å²) in [6.07, 6.45) is 1.27. The Morgan fingerprint density at radius 3 is 2.47 bits per heavy atom. The second kappa shape index (κ2) is 9.52. The fourth-order valence-corrected chi connectivity index (χ4v) is 4.17. The van der Waals surface area contributed by atoms with E-state index in [1.807, 2.05) is 0 Å². The van der Waals surface area contributed by atoms with Crippen LogP contribution in [0.4, 0.5) is 5.69 Å². The van der Waals surface area contributed by atoms with E-state index in [2.05, 4.69) is 9.82 Å². The molecule has 0 aliphatic rings. The number of aromatic nitrogens is 2. The Hall–Kier alpha value is -3.86. The number of benzene rings is 2. The molecule has 0 bridgehead atoms. The first kappa shape index (κ1) is 22.8. The van der Waals surface area contributed by atoms with Crippen LogP contribution >= 0.6 is 0 Å². The Balaban J connectivity index is 1.82. The highest BCUT2D eigenvalue weighted by Crippen LogP contribution is 2.27. The Labute approximate surface area is 184 Å². The number of anilines is 1. The summed E-state index contributed by atoms with van der Waals surface area (Å²) in [5.74, 6) is -1.52. The van der Waals surface area contributed by atoms with Crippen LogP contribution in [-0.4, -0.2) is 49.0 Å². The van der Waals surface area contributed by atoms with Gasteiger partial charge in [-0.3, -0.25) is 9.52 Å². The number of hydrogen-bond acceptors (Lipinski definition) is 7. The van der Waals surface area contributed by atoms with Crippen molar-refractivity contribution < 1.29 is 32.6 Å². The third-order valence-corrected chi connectivity index (χ3v) is 5.73. The van der Waals surface area contributed by atoms with Crippen LogP contribution in [0.5, 0.6) is 5.75 Å². The van der Waals surface area contributed by atoms with Crippen LogP contribution in [0.1, 0.15) is 23.0 Å². The lowest BCUT2D eigenvalue weighted by atomic mass is 10.1. The molecule has 3 aromatic rings. The van der Waals surface area contributed by atoms with Crippen LogP contribution in [0, 0.1) is 0 Å². The molecule has 1 aromatic heterocycles. The molecular weight excluding hydrogens is 438 g/mol. The summed E-state index contributed by atoms with van der Waals surface area (Å²) < 4.78 is 39.8. The van der Waals surface area contributed by atoms with Crippen LogP contribution in [0.3, 0.4) is 0 Å². The number of nitrogens with one attached hydrogen (secondary N) is 1. The summed E-state index contributed by atoms with van der Waals surface area (Å²) in [6, 6.07) is 12.0. The van der Waals surface area contributed by atoms with E-state index < -0.39 is 22.0 Å². The Morgan fingerprint density at radius 2 is 1.84 bits per heavy atom. The minimum atomic E-state index is -4.06. The van der Waals surface area contributed by atoms with E-state index in [1.54, 1.807) is 25.3 Å². The fourth-order valence-electron chi connectivity index (χ4n) is 2.89.